The Bertz CT molecular complexity index is 746. The summed E-state index contributed by atoms with van der Waals surface area (Å²) in [6.07, 6.45) is 2.89. The first-order valence-electron chi connectivity index (χ1n) is 7.15. The maximum atomic E-state index is 11.9. The number of amides is 1. The van der Waals surface area contributed by atoms with Crippen molar-refractivity contribution in [2.24, 2.45) is 0 Å². The number of hydrogen-bond donors (Lipinski definition) is 2. The summed E-state index contributed by atoms with van der Waals surface area (Å²) in [7, 11) is -3.24. The Morgan fingerprint density at radius 2 is 1.74 bits per heavy atom. The molecule has 0 saturated carbocycles. The van der Waals surface area contributed by atoms with Gasteiger partial charge in [0.25, 0.3) is 5.91 Å². The largest absolute Gasteiger partial charge is 0.351 e. The van der Waals surface area contributed by atoms with Crippen LogP contribution in [0.5, 0.6) is 0 Å². The number of carbonyl (C=O) groups excluding carboxylic acids is 1. The number of nitrogens with zero attached hydrogens (tertiary/aromatic N) is 2. The Labute approximate surface area is 135 Å². The molecule has 0 aliphatic rings. The van der Waals surface area contributed by atoms with Crippen LogP contribution in [0.1, 0.15) is 17.3 Å². The molecule has 0 radical (unpaired) electrons. The molecule has 0 atom stereocenters. The van der Waals surface area contributed by atoms with Crippen molar-refractivity contribution in [3.05, 3.63) is 48.3 Å². The van der Waals surface area contributed by atoms with Gasteiger partial charge >= 0.3 is 0 Å². The van der Waals surface area contributed by atoms with Crippen molar-refractivity contribution in [3.8, 4) is 11.4 Å². The van der Waals surface area contributed by atoms with Crippen molar-refractivity contribution in [1.82, 2.24) is 20.0 Å². The third-order valence-corrected chi connectivity index (χ3v) is 4.46. The maximum Gasteiger partial charge on any atom is 0.254 e. The zero-order valence-electron chi connectivity index (χ0n) is 12.7. The molecule has 2 aromatic rings. The lowest BCUT2D eigenvalue weighted by Crippen LogP contribution is -2.35. The predicted molar refractivity (Wildman–Crippen MR) is 87.3 cm³/mol. The van der Waals surface area contributed by atoms with Crippen LogP contribution < -0.4 is 10.0 Å². The van der Waals surface area contributed by atoms with Gasteiger partial charge in [0.1, 0.15) is 0 Å². The fourth-order valence-corrected chi connectivity index (χ4v) is 2.39. The molecule has 0 aliphatic carbocycles. The highest BCUT2D eigenvalue weighted by molar-refractivity contribution is 7.89. The topological polar surface area (TPSA) is 101 Å². The summed E-state index contributed by atoms with van der Waals surface area (Å²) in [6, 6.07) is 9.44. The van der Waals surface area contributed by atoms with Crippen LogP contribution in [-0.4, -0.2) is 43.1 Å². The zero-order chi connectivity index (χ0) is 16.7. The molecule has 0 unspecified atom stereocenters. The Morgan fingerprint density at radius 3 is 2.35 bits per heavy atom. The summed E-state index contributed by atoms with van der Waals surface area (Å²) < 4.78 is 24.9. The van der Waals surface area contributed by atoms with E-state index in [0.717, 1.165) is 5.56 Å². The number of carbonyl (C=O) groups is 1. The van der Waals surface area contributed by atoms with Gasteiger partial charge in [-0.3, -0.25) is 4.79 Å². The average Bonchev–Trinajstić information content (AvgIpc) is 2.59. The second kappa shape index (κ2) is 7.80. The first kappa shape index (κ1) is 17.0. The van der Waals surface area contributed by atoms with Gasteiger partial charge in [-0.05, 0) is 6.92 Å². The minimum absolute atomic E-state index is 0.00966. The SMILES string of the molecule is CCS(=O)(=O)NCCNC(=O)c1cnc(-c2ccccc2)nc1. The van der Waals surface area contributed by atoms with Crippen LogP contribution in [0.15, 0.2) is 42.7 Å². The van der Waals surface area contributed by atoms with Crippen LogP contribution in [0.3, 0.4) is 0 Å². The summed E-state index contributed by atoms with van der Waals surface area (Å²) in [6.45, 7) is 1.88. The van der Waals surface area contributed by atoms with Crippen molar-refractivity contribution >= 4 is 15.9 Å². The first-order valence-corrected chi connectivity index (χ1v) is 8.80. The second-order valence-corrected chi connectivity index (χ2v) is 6.81. The van der Waals surface area contributed by atoms with Crippen LogP contribution >= 0.6 is 0 Å². The van der Waals surface area contributed by atoms with Gasteiger partial charge in [0.2, 0.25) is 10.0 Å². The smallest absolute Gasteiger partial charge is 0.254 e. The van der Waals surface area contributed by atoms with Gasteiger partial charge < -0.3 is 5.32 Å². The van der Waals surface area contributed by atoms with E-state index in [2.05, 4.69) is 20.0 Å². The summed E-state index contributed by atoms with van der Waals surface area (Å²) >= 11 is 0. The summed E-state index contributed by atoms with van der Waals surface area (Å²) in [5, 5.41) is 2.61. The standard InChI is InChI=1S/C15H18N4O3S/c1-2-23(21,22)19-9-8-16-15(20)13-10-17-14(18-11-13)12-6-4-3-5-7-12/h3-7,10-11,19H,2,8-9H2,1H3,(H,16,20). The van der Waals surface area contributed by atoms with Crippen LogP contribution in [0.4, 0.5) is 0 Å². The van der Waals surface area contributed by atoms with E-state index in [1.807, 2.05) is 30.3 Å². The molecule has 1 aromatic heterocycles. The molecule has 8 heteroatoms. The van der Waals surface area contributed by atoms with Crippen molar-refractivity contribution in [3.63, 3.8) is 0 Å². The molecule has 1 heterocycles. The average molecular weight is 334 g/mol. The molecule has 0 aliphatic heterocycles. The normalized spacial score (nSPS) is 11.2. The number of rotatable bonds is 7. The van der Waals surface area contributed by atoms with Gasteiger partial charge in [0, 0.05) is 31.0 Å². The van der Waals surface area contributed by atoms with E-state index in [1.54, 1.807) is 6.92 Å². The Balaban J connectivity index is 1.88. The number of aromatic nitrogens is 2. The number of benzene rings is 1. The quantitative estimate of drug-likeness (QED) is 0.730. The Hall–Kier alpha value is -2.32. The molecular formula is C15H18N4O3S. The van der Waals surface area contributed by atoms with Crippen LogP contribution in [0.2, 0.25) is 0 Å². The molecule has 0 bridgehead atoms. The van der Waals surface area contributed by atoms with Crippen LogP contribution in [0, 0.1) is 0 Å². The van der Waals surface area contributed by atoms with Gasteiger partial charge in [-0.15, -0.1) is 0 Å². The molecule has 1 amide bonds. The van der Waals surface area contributed by atoms with Gasteiger partial charge in [-0.1, -0.05) is 30.3 Å². The van der Waals surface area contributed by atoms with Gasteiger partial charge in [0.15, 0.2) is 5.82 Å². The van der Waals surface area contributed by atoms with E-state index in [9.17, 15) is 13.2 Å². The highest BCUT2D eigenvalue weighted by Gasteiger charge is 2.09. The lowest BCUT2D eigenvalue weighted by molar-refractivity contribution is 0.0953. The van der Waals surface area contributed by atoms with E-state index in [-0.39, 0.29) is 24.7 Å². The van der Waals surface area contributed by atoms with Crippen LogP contribution in [-0.2, 0) is 10.0 Å². The maximum absolute atomic E-state index is 11.9. The summed E-state index contributed by atoms with van der Waals surface area (Å²) in [4.78, 5) is 20.3. The summed E-state index contributed by atoms with van der Waals surface area (Å²) in [5.41, 5.74) is 1.19. The third-order valence-electron chi connectivity index (χ3n) is 3.06. The number of nitrogens with one attached hydrogen (secondary N) is 2. The third kappa shape index (κ3) is 5.11. The zero-order valence-corrected chi connectivity index (χ0v) is 13.5. The predicted octanol–water partition coefficient (Wildman–Crippen LogP) is 0.813. The van der Waals surface area contributed by atoms with E-state index in [1.165, 1.54) is 12.4 Å². The second-order valence-electron chi connectivity index (χ2n) is 4.72. The van der Waals surface area contributed by atoms with E-state index in [0.29, 0.717) is 11.4 Å². The van der Waals surface area contributed by atoms with Crippen molar-refractivity contribution < 1.29 is 13.2 Å². The van der Waals surface area contributed by atoms with E-state index >= 15 is 0 Å². The molecule has 2 rings (SSSR count). The van der Waals surface area contributed by atoms with Gasteiger partial charge in [-0.25, -0.2) is 23.1 Å². The van der Waals surface area contributed by atoms with Gasteiger partial charge in [0.05, 0.1) is 11.3 Å². The fraction of sp³-hybridized carbons (Fsp3) is 0.267. The molecule has 0 fully saturated rings. The molecule has 0 spiro atoms. The molecule has 0 saturated heterocycles. The number of sulfonamides is 1. The molecule has 1 aromatic carbocycles. The van der Waals surface area contributed by atoms with E-state index < -0.39 is 10.0 Å². The Morgan fingerprint density at radius 1 is 1.09 bits per heavy atom. The molecule has 7 nitrogen and oxygen atoms in total. The van der Waals surface area contributed by atoms with Crippen molar-refractivity contribution in [2.45, 2.75) is 6.92 Å². The van der Waals surface area contributed by atoms with Crippen molar-refractivity contribution in [1.29, 1.82) is 0 Å². The molecular weight excluding hydrogens is 316 g/mol. The lowest BCUT2D eigenvalue weighted by atomic mass is 10.2. The molecule has 2 N–H and O–H groups in total. The minimum atomic E-state index is -3.24. The molecule has 122 valence electrons. The van der Waals surface area contributed by atoms with Crippen LogP contribution in [0.25, 0.3) is 11.4 Å². The lowest BCUT2D eigenvalue weighted by Gasteiger charge is -2.07. The molecule has 23 heavy (non-hydrogen) atoms. The number of hydrogen-bond acceptors (Lipinski definition) is 5. The highest BCUT2D eigenvalue weighted by Crippen LogP contribution is 2.12. The van der Waals surface area contributed by atoms with Gasteiger partial charge in [-0.2, -0.15) is 0 Å². The Kier molecular flexibility index (Phi) is 5.78. The first-order chi connectivity index (χ1) is 11.0. The highest BCUT2D eigenvalue weighted by atomic mass is 32.2. The van der Waals surface area contributed by atoms with Crippen molar-refractivity contribution in [2.75, 3.05) is 18.8 Å². The monoisotopic (exact) mass is 334 g/mol. The minimum Gasteiger partial charge on any atom is -0.351 e. The fourth-order valence-electron chi connectivity index (χ4n) is 1.77. The summed E-state index contributed by atoms with van der Waals surface area (Å²) in [5.74, 6) is 0.202. The van der Waals surface area contributed by atoms with E-state index in [4.69, 9.17) is 0 Å².